The van der Waals surface area contributed by atoms with Gasteiger partial charge in [0.15, 0.2) is 0 Å². The fraction of sp³-hybridized carbons (Fsp3) is 0.414. The highest BCUT2D eigenvalue weighted by molar-refractivity contribution is 6.02. The molecule has 0 spiro atoms. The molecule has 3 rings (SSSR count). The molecular formula is C29H42N2. The molecule has 0 unspecified atom stereocenters. The highest BCUT2D eigenvalue weighted by atomic mass is 15.2. The van der Waals surface area contributed by atoms with E-state index in [0.29, 0.717) is 0 Å². The van der Waals surface area contributed by atoms with Gasteiger partial charge in [0, 0.05) is 25.4 Å². The van der Waals surface area contributed by atoms with E-state index in [2.05, 4.69) is 67.4 Å². The Balaban J connectivity index is 0.00000320. The predicted molar refractivity (Wildman–Crippen MR) is 141 cm³/mol. The molecule has 1 aromatic carbocycles. The third-order valence-corrected chi connectivity index (χ3v) is 6.06. The molecule has 0 aromatic heterocycles. The van der Waals surface area contributed by atoms with Crippen LogP contribution >= 0.6 is 0 Å². The Morgan fingerprint density at radius 1 is 1.29 bits per heavy atom. The van der Waals surface area contributed by atoms with Crippen LogP contribution in [0, 0.1) is 19.3 Å². The maximum atomic E-state index is 5.56. The quantitative estimate of drug-likeness (QED) is 0.350. The summed E-state index contributed by atoms with van der Waals surface area (Å²) < 4.78 is 0. The number of hydrogen-bond donors (Lipinski definition) is 0. The van der Waals surface area contributed by atoms with Gasteiger partial charge in [-0.25, -0.2) is 0 Å². The molecule has 0 radical (unpaired) electrons. The van der Waals surface area contributed by atoms with Gasteiger partial charge in [0.1, 0.15) is 0 Å². The molecule has 0 amide bonds. The van der Waals surface area contributed by atoms with Crippen LogP contribution in [0.15, 0.2) is 64.5 Å². The Hall–Kier alpha value is -2.79. The molecule has 1 aliphatic carbocycles. The van der Waals surface area contributed by atoms with Crippen molar-refractivity contribution >= 4 is 11.3 Å². The van der Waals surface area contributed by atoms with E-state index in [4.69, 9.17) is 6.42 Å². The van der Waals surface area contributed by atoms with Crippen LogP contribution in [0.5, 0.6) is 0 Å². The fourth-order valence-electron chi connectivity index (χ4n) is 4.27. The number of benzene rings is 1. The van der Waals surface area contributed by atoms with Gasteiger partial charge in [-0.2, -0.15) is 0 Å². The summed E-state index contributed by atoms with van der Waals surface area (Å²) in [4.78, 5) is 6.96. The van der Waals surface area contributed by atoms with Crippen molar-refractivity contribution in [1.82, 2.24) is 4.90 Å². The van der Waals surface area contributed by atoms with Crippen LogP contribution in [-0.2, 0) is 0 Å². The van der Waals surface area contributed by atoms with Crippen LogP contribution in [-0.4, -0.2) is 24.2 Å². The summed E-state index contributed by atoms with van der Waals surface area (Å²) in [6.07, 6.45) is 16.0. The normalized spacial score (nSPS) is 16.7. The lowest BCUT2D eigenvalue weighted by molar-refractivity contribution is 0.457. The van der Waals surface area contributed by atoms with Crippen LogP contribution in [0.25, 0.3) is 5.57 Å². The second-order valence-electron chi connectivity index (χ2n) is 7.95. The largest absolute Gasteiger partial charge is 0.339 e. The standard InChI is InChI=1S/C27H32N2.2CH4.H2/c1-7-22-13-14-23(15-19(22)3)20(4)16-25(28-6)18-29-21(5)27-12-10-9-11-24(27)17-26(29)8-2;;;/h1,13-17H,5,8-12,18H2,2-4,6H3;2*1H4;1H/b20-16+,28-25?;;;. The molecule has 2 nitrogen and oxygen atoms in total. The van der Waals surface area contributed by atoms with E-state index in [1.165, 1.54) is 52.9 Å². The highest BCUT2D eigenvalue weighted by Crippen LogP contribution is 2.38. The zero-order valence-electron chi connectivity index (χ0n) is 18.3. The Kier molecular flexibility index (Phi) is 9.79. The second kappa shape index (κ2) is 11.6. The number of allylic oxidation sites excluding steroid dienone is 5. The molecular weight excluding hydrogens is 376 g/mol. The molecule has 31 heavy (non-hydrogen) atoms. The van der Waals surface area contributed by atoms with Gasteiger partial charge in [-0.05, 0) is 92.0 Å². The number of rotatable bonds is 5. The fourth-order valence-corrected chi connectivity index (χ4v) is 4.27. The first-order valence-electron chi connectivity index (χ1n) is 10.6. The van der Waals surface area contributed by atoms with E-state index < -0.39 is 0 Å². The smallest absolute Gasteiger partial charge is 0.0646 e. The molecule has 0 N–H and O–H groups in total. The summed E-state index contributed by atoms with van der Waals surface area (Å²) in [6, 6.07) is 6.27. The number of aryl methyl sites for hydroxylation is 1. The Labute approximate surface area is 192 Å². The van der Waals surface area contributed by atoms with Crippen LogP contribution in [0.4, 0.5) is 0 Å². The van der Waals surface area contributed by atoms with E-state index in [1.54, 1.807) is 0 Å². The Morgan fingerprint density at radius 3 is 2.61 bits per heavy atom. The lowest BCUT2D eigenvalue weighted by Crippen LogP contribution is -2.31. The first-order chi connectivity index (χ1) is 14.0. The van der Waals surface area contributed by atoms with Crippen LogP contribution in [0.3, 0.4) is 0 Å². The summed E-state index contributed by atoms with van der Waals surface area (Å²) in [5.41, 5.74) is 11.0. The maximum Gasteiger partial charge on any atom is 0.0646 e. The van der Waals surface area contributed by atoms with Gasteiger partial charge >= 0.3 is 0 Å². The average molecular weight is 419 g/mol. The van der Waals surface area contributed by atoms with Gasteiger partial charge in [-0.1, -0.05) is 46.4 Å². The summed E-state index contributed by atoms with van der Waals surface area (Å²) in [6.45, 7) is 11.6. The van der Waals surface area contributed by atoms with Crippen molar-refractivity contribution in [3.63, 3.8) is 0 Å². The van der Waals surface area contributed by atoms with Crippen molar-refractivity contribution < 1.29 is 1.43 Å². The molecule has 1 aromatic rings. The van der Waals surface area contributed by atoms with E-state index in [-0.39, 0.29) is 16.3 Å². The minimum Gasteiger partial charge on any atom is -0.339 e. The van der Waals surface area contributed by atoms with Crippen molar-refractivity contribution in [2.75, 3.05) is 13.6 Å². The minimum atomic E-state index is 0. The van der Waals surface area contributed by atoms with Crippen molar-refractivity contribution in [1.29, 1.82) is 0 Å². The van der Waals surface area contributed by atoms with E-state index in [0.717, 1.165) is 36.2 Å². The first kappa shape index (κ1) is 26.2. The molecule has 0 bridgehead atoms. The zero-order chi connectivity index (χ0) is 21.0. The predicted octanol–water partition coefficient (Wildman–Crippen LogP) is 7.96. The maximum absolute atomic E-state index is 5.56. The first-order valence-corrected chi connectivity index (χ1v) is 10.6. The van der Waals surface area contributed by atoms with Crippen LogP contribution in [0.1, 0.15) is 78.9 Å². The van der Waals surface area contributed by atoms with Gasteiger partial charge in [-0.15, -0.1) is 6.42 Å². The highest BCUT2D eigenvalue weighted by Gasteiger charge is 2.25. The second-order valence-corrected chi connectivity index (χ2v) is 7.95. The minimum absolute atomic E-state index is 0. The lowest BCUT2D eigenvalue weighted by Gasteiger charge is -2.36. The molecule has 0 atom stereocenters. The van der Waals surface area contributed by atoms with Crippen LogP contribution in [0.2, 0.25) is 0 Å². The number of terminal acetylenes is 1. The average Bonchev–Trinajstić information content (AvgIpc) is 2.74. The van der Waals surface area contributed by atoms with E-state index >= 15 is 0 Å². The molecule has 1 heterocycles. The molecule has 0 saturated heterocycles. The summed E-state index contributed by atoms with van der Waals surface area (Å²) in [7, 11) is 1.87. The van der Waals surface area contributed by atoms with Gasteiger partial charge in [0.2, 0.25) is 0 Å². The number of nitrogens with zero attached hydrogens (tertiary/aromatic N) is 2. The van der Waals surface area contributed by atoms with Crippen molar-refractivity contribution in [2.45, 2.75) is 67.7 Å². The molecule has 2 heteroatoms. The summed E-state index contributed by atoms with van der Waals surface area (Å²) >= 11 is 0. The molecule has 0 saturated carbocycles. The van der Waals surface area contributed by atoms with Crippen molar-refractivity contribution in [3.8, 4) is 12.3 Å². The Bertz CT molecular complexity index is 983. The summed E-state index contributed by atoms with van der Waals surface area (Å²) in [5.74, 6) is 2.74. The van der Waals surface area contributed by atoms with E-state index in [1.807, 2.05) is 13.1 Å². The number of hydrogen-bond acceptors (Lipinski definition) is 2. The van der Waals surface area contributed by atoms with Gasteiger partial charge in [0.05, 0.1) is 12.3 Å². The van der Waals surface area contributed by atoms with Gasteiger partial charge < -0.3 is 4.90 Å². The topological polar surface area (TPSA) is 15.6 Å². The van der Waals surface area contributed by atoms with E-state index in [9.17, 15) is 0 Å². The van der Waals surface area contributed by atoms with Gasteiger partial charge in [-0.3, -0.25) is 4.99 Å². The SMILES string of the molecule is C.C.C#Cc1ccc(/C(C)=C/C(CN2C(=C)C3=C(C=C2CC)CCCC3)=NC)cc1C.[HH]. The summed E-state index contributed by atoms with van der Waals surface area (Å²) in [5, 5.41) is 0. The third kappa shape index (κ3) is 5.67. The molecule has 168 valence electrons. The third-order valence-electron chi connectivity index (χ3n) is 6.06. The lowest BCUT2D eigenvalue weighted by atomic mass is 9.86. The van der Waals surface area contributed by atoms with Crippen molar-refractivity contribution in [2.24, 2.45) is 4.99 Å². The van der Waals surface area contributed by atoms with Gasteiger partial charge in [0.25, 0.3) is 0 Å². The Morgan fingerprint density at radius 2 is 2.00 bits per heavy atom. The molecule has 1 aliphatic heterocycles. The molecule has 0 fully saturated rings. The van der Waals surface area contributed by atoms with Crippen LogP contribution < -0.4 is 0 Å². The molecule has 2 aliphatic rings. The monoisotopic (exact) mass is 418 g/mol. The number of aliphatic imine (C=N–C) groups is 1. The van der Waals surface area contributed by atoms with Crippen molar-refractivity contribution in [3.05, 3.63) is 76.2 Å². The zero-order valence-corrected chi connectivity index (χ0v) is 18.3.